The van der Waals surface area contributed by atoms with Crippen molar-refractivity contribution in [3.8, 4) is 0 Å². The Morgan fingerprint density at radius 2 is 1.52 bits per heavy atom. The number of carbonyl (C=O) groups excluding carboxylic acids is 4. The lowest BCUT2D eigenvalue weighted by atomic mass is 9.96. The number of carbonyl (C=O) groups is 4. The molecular formula is C14H19F3NO12P. The normalized spacial score (nSPS) is 26.5. The Hall–Kier alpha value is -2.26. The summed E-state index contributed by atoms with van der Waals surface area (Å²) in [6.07, 6.45) is -13.2. The fourth-order valence-corrected chi connectivity index (χ4v) is 2.97. The quantitative estimate of drug-likeness (QED) is 0.236. The monoisotopic (exact) mass is 481 g/mol. The third-order valence-corrected chi connectivity index (χ3v) is 3.98. The van der Waals surface area contributed by atoms with Gasteiger partial charge in [0, 0.05) is 20.8 Å². The van der Waals surface area contributed by atoms with E-state index in [0.717, 1.165) is 20.8 Å². The number of hydrogen-bond acceptors (Lipinski definition) is 10. The lowest BCUT2D eigenvalue weighted by molar-refractivity contribution is -0.261. The van der Waals surface area contributed by atoms with Gasteiger partial charge in [0.2, 0.25) is 0 Å². The number of phosphoric ester groups is 1. The Morgan fingerprint density at radius 3 is 1.94 bits per heavy atom. The second-order valence-electron chi connectivity index (χ2n) is 6.09. The summed E-state index contributed by atoms with van der Waals surface area (Å²) < 4.78 is 73.4. The molecule has 1 heterocycles. The van der Waals surface area contributed by atoms with Crippen LogP contribution < -0.4 is 5.32 Å². The van der Waals surface area contributed by atoms with Crippen molar-refractivity contribution >= 4 is 31.6 Å². The molecule has 31 heavy (non-hydrogen) atoms. The minimum absolute atomic E-state index is 0.744. The van der Waals surface area contributed by atoms with E-state index in [1.807, 2.05) is 0 Å². The van der Waals surface area contributed by atoms with Crippen molar-refractivity contribution in [2.75, 3.05) is 6.61 Å². The molecule has 1 aliphatic heterocycles. The van der Waals surface area contributed by atoms with Crippen LogP contribution in [0, 0.1) is 0 Å². The largest absolute Gasteiger partial charge is 0.472 e. The van der Waals surface area contributed by atoms with E-state index in [-0.39, 0.29) is 0 Å². The Kier molecular flexibility index (Phi) is 8.95. The molecule has 1 amide bonds. The molecule has 0 bridgehead atoms. The van der Waals surface area contributed by atoms with Gasteiger partial charge in [0.1, 0.15) is 18.8 Å². The number of halogens is 3. The van der Waals surface area contributed by atoms with Crippen molar-refractivity contribution in [2.24, 2.45) is 0 Å². The molecular weight excluding hydrogens is 462 g/mol. The van der Waals surface area contributed by atoms with Gasteiger partial charge >= 0.3 is 37.8 Å². The molecule has 3 N–H and O–H groups in total. The molecule has 1 aliphatic rings. The van der Waals surface area contributed by atoms with Crippen LogP contribution in [-0.4, -0.2) is 77.0 Å². The van der Waals surface area contributed by atoms with Gasteiger partial charge in [-0.3, -0.25) is 23.7 Å². The van der Waals surface area contributed by atoms with Crippen LogP contribution in [0.15, 0.2) is 0 Å². The van der Waals surface area contributed by atoms with Gasteiger partial charge < -0.3 is 34.1 Å². The maximum absolute atomic E-state index is 12.8. The van der Waals surface area contributed by atoms with Crippen LogP contribution in [0.25, 0.3) is 0 Å². The minimum atomic E-state index is -5.46. The molecule has 0 spiro atoms. The fourth-order valence-electron chi connectivity index (χ4n) is 2.51. The van der Waals surface area contributed by atoms with Crippen LogP contribution in [0.1, 0.15) is 20.8 Å². The molecule has 1 fully saturated rings. The molecule has 0 aromatic carbocycles. The van der Waals surface area contributed by atoms with Gasteiger partial charge in [-0.1, -0.05) is 0 Å². The Labute approximate surface area is 172 Å². The van der Waals surface area contributed by atoms with E-state index in [9.17, 15) is 36.9 Å². The summed E-state index contributed by atoms with van der Waals surface area (Å²) >= 11 is 0. The number of rotatable bonds is 7. The molecule has 0 aromatic heterocycles. The molecule has 5 atom stereocenters. The lowest BCUT2D eigenvalue weighted by Gasteiger charge is -2.44. The number of alkyl halides is 3. The van der Waals surface area contributed by atoms with Gasteiger partial charge in [0.05, 0.1) is 0 Å². The minimum Gasteiger partial charge on any atom is -0.463 e. The standard InChI is InChI=1S/C14H19F3NO12P/c1-5(19)26-4-8-10(27-6(2)20)11(28-7(3)21)9(18-13(22)14(15,16)17)12(29-8)30-31(23,24)25/h8-12H,4H2,1-3H3,(H,18,22)(H2,23,24,25)/t8-,9-,10-,11-,12-/m1/s1. The predicted octanol–water partition coefficient (Wildman–Crippen LogP) is -0.706. The number of phosphoric acid groups is 1. The summed E-state index contributed by atoms with van der Waals surface area (Å²) in [4.78, 5) is 63.7. The van der Waals surface area contributed by atoms with Crippen LogP contribution in [0.2, 0.25) is 0 Å². The van der Waals surface area contributed by atoms with Crippen LogP contribution in [-0.2, 0) is 47.2 Å². The molecule has 1 saturated heterocycles. The molecule has 0 aromatic rings. The summed E-state index contributed by atoms with van der Waals surface area (Å²) in [6.45, 7) is 1.94. The van der Waals surface area contributed by atoms with E-state index in [1.165, 1.54) is 5.32 Å². The van der Waals surface area contributed by atoms with Crippen LogP contribution in [0.4, 0.5) is 13.2 Å². The number of ether oxygens (including phenoxy) is 4. The van der Waals surface area contributed by atoms with Gasteiger partial charge in [0.25, 0.3) is 0 Å². The van der Waals surface area contributed by atoms with Crippen LogP contribution >= 0.6 is 7.82 Å². The maximum Gasteiger partial charge on any atom is 0.472 e. The Bertz CT molecular complexity index is 753. The van der Waals surface area contributed by atoms with Crippen LogP contribution in [0.5, 0.6) is 0 Å². The fraction of sp³-hybridized carbons (Fsp3) is 0.714. The molecule has 13 nitrogen and oxygen atoms in total. The number of nitrogens with one attached hydrogen (secondary N) is 1. The van der Waals surface area contributed by atoms with Crippen molar-refractivity contribution in [3.63, 3.8) is 0 Å². The second-order valence-corrected chi connectivity index (χ2v) is 7.28. The highest BCUT2D eigenvalue weighted by Gasteiger charge is 2.54. The first-order valence-corrected chi connectivity index (χ1v) is 9.79. The highest BCUT2D eigenvalue weighted by molar-refractivity contribution is 7.46. The molecule has 0 unspecified atom stereocenters. The first kappa shape index (κ1) is 26.8. The van der Waals surface area contributed by atoms with Crippen LogP contribution in [0.3, 0.4) is 0 Å². The summed E-state index contributed by atoms with van der Waals surface area (Å²) in [5, 5.41) is 1.34. The van der Waals surface area contributed by atoms with E-state index < -0.39 is 75.1 Å². The topological polar surface area (TPSA) is 184 Å². The second kappa shape index (κ2) is 10.4. The molecule has 0 radical (unpaired) electrons. The highest BCUT2D eigenvalue weighted by atomic mass is 31.2. The molecule has 178 valence electrons. The zero-order chi connectivity index (χ0) is 24.1. The van der Waals surface area contributed by atoms with Gasteiger partial charge in [-0.15, -0.1) is 0 Å². The average Bonchev–Trinajstić information content (AvgIpc) is 2.55. The van der Waals surface area contributed by atoms with E-state index >= 15 is 0 Å². The first-order chi connectivity index (χ1) is 14.0. The molecule has 0 saturated carbocycles. The molecule has 17 heteroatoms. The van der Waals surface area contributed by atoms with Crippen molar-refractivity contribution in [3.05, 3.63) is 0 Å². The van der Waals surface area contributed by atoms with Crippen molar-refractivity contribution in [1.29, 1.82) is 0 Å². The number of hydrogen-bond donors (Lipinski definition) is 3. The SMILES string of the molecule is CC(=O)OC[C@H]1O[C@H](OP(=O)(O)O)[C@H](NC(=O)C(F)(F)F)[C@@H](OC(C)=O)[C@@H]1OC(C)=O. The smallest absolute Gasteiger partial charge is 0.463 e. The summed E-state index contributed by atoms with van der Waals surface area (Å²) in [5.74, 6) is -5.63. The third-order valence-electron chi connectivity index (χ3n) is 3.50. The van der Waals surface area contributed by atoms with E-state index in [0.29, 0.717) is 0 Å². The third kappa shape index (κ3) is 8.78. The zero-order valence-electron chi connectivity index (χ0n) is 16.2. The van der Waals surface area contributed by atoms with Crippen molar-refractivity contribution in [1.82, 2.24) is 5.32 Å². The summed E-state index contributed by atoms with van der Waals surface area (Å²) in [6, 6.07) is -2.21. The van der Waals surface area contributed by atoms with Crippen molar-refractivity contribution in [2.45, 2.75) is 57.6 Å². The highest BCUT2D eigenvalue weighted by Crippen LogP contribution is 2.41. The van der Waals surface area contributed by atoms with Gasteiger partial charge in [-0.2, -0.15) is 13.2 Å². The van der Waals surface area contributed by atoms with E-state index in [4.69, 9.17) is 24.0 Å². The number of esters is 3. The van der Waals surface area contributed by atoms with Gasteiger partial charge in [-0.05, 0) is 0 Å². The average molecular weight is 481 g/mol. The van der Waals surface area contributed by atoms with E-state index in [1.54, 1.807) is 0 Å². The Balaban J connectivity index is 3.45. The molecule has 0 aliphatic carbocycles. The van der Waals surface area contributed by atoms with Gasteiger partial charge in [-0.25, -0.2) is 4.57 Å². The predicted molar refractivity (Wildman–Crippen MR) is 87.5 cm³/mol. The Morgan fingerprint density at radius 1 is 1.00 bits per heavy atom. The van der Waals surface area contributed by atoms with Crippen molar-refractivity contribution < 1.29 is 70.2 Å². The summed E-state index contributed by atoms with van der Waals surface area (Å²) in [7, 11) is -5.44. The van der Waals surface area contributed by atoms with E-state index in [2.05, 4.69) is 9.26 Å². The summed E-state index contributed by atoms with van der Waals surface area (Å²) in [5.41, 5.74) is 0. The zero-order valence-corrected chi connectivity index (χ0v) is 17.0. The van der Waals surface area contributed by atoms with Gasteiger partial charge in [0.15, 0.2) is 18.5 Å². The number of amides is 1. The first-order valence-electron chi connectivity index (χ1n) is 8.26. The molecule has 1 rings (SSSR count). The maximum atomic E-state index is 12.8. The lowest BCUT2D eigenvalue weighted by Crippen LogP contribution is -2.67.